The molecule has 2 aromatic rings. The van der Waals surface area contributed by atoms with Crippen LogP contribution in [0.15, 0.2) is 22.6 Å². The van der Waals surface area contributed by atoms with Crippen LogP contribution in [0.3, 0.4) is 0 Å². The summed E-state index contributed by atoms with van der Waals surface area (Å²) >= 11 is 6.01. The first kappa shape index (κ1) is 12.9. The number of aryl methyl sites for hydroxylation is 1. The predicted octanol–water partition coefficient (Wildman–Crippen LogP) is 2.11. The highest BCUT2D eigenvalue weighted by molar-refractivity contribution is 6.32. The van der Waals surface area contributed by atoms with Crippen molar-refractivity contribution in [2.24, 2.45) is 5.73 Å². The highest BCUT2D eigenvalue weighted by Crippen LogP contribution is 2.25. The Bertz CT molecular complexity index is 528. The van der Waals surface area contributed by atoms with Gasteiger partial charge in [-0.15, -0.1) is 10.2 Å². The molecule has 0 saturated heterocycles. The molecule has 1 aromatic heterocycles. The zero-order valence-corrected chi connectivity index (χ0v) is 10.8. The van der Waals surface area contributed by atoms with Crippen LogP contribution in [0.25, 0.3) is 0 Å². The van der Waals surface area contributed by atoms with Gasteiger partial charge in [-0.3, -0.25) is 0 Å². The lowest BCUT2D eigenvalue weighted by atomic mass is 10.2. The fourth-order valence-electron chi connectivity index (χ4n) is 1.43. The van der Waals surface area contributed by atoms with E-state index in [4.69, 9.17) is 26.5 Å². The monoisotopic (exact) mass is 267 g/mol. The highest BCUT2D eigenvalue weighted by atomic mass is 35.5. The van der Waals surface area contributed by atoms with Crippen molar-refractivity contribution >= 4 is 11.6 Å². The minimum Gasteiger partial charge on any atom is -0.482 e. The Morgan fingerprint density at radius 2 is 2.11 bits per heavy atom. The third-order valence-corrected chi connectivity index (χ3v) is 2.62. The summed E-state index contributed by atoms with van der Waals surface area (Å²) in [7, 11) is 0. The van der Waals surface area contributed by atoms with Crippen LogP contribution >= 0.6 is 11.6 Å². The van der Waals surface area contributed by atoms with Crippen LogP contribution in [0, 0.1) is 6.92 Å². The van der Waals surface area contributed by atoms with Crippen molar-refractivity contribution in [1.29, 1.82) is 0 Å². The van der Waals surface area contributed by atoms with E-state index < -0.39 is 0 Å². The maximum atomic E-state index is 6.01. The average molecular weight is 268 g/mol. The Labute approximate surface area is 110 Å². The fourth-order valence-corrected chi connectivity index (χ4v) is 1.60. The minimum absolute atomic E-state index is 0.195. The minimum atomic E-state index is 0.195. The molecule has 0 bridgehead atoms. The molecule has 2 N–H and O–H groups in total. The quantitative estimate of drug-likeness (QED) is 0.898. The van der Waals surface area contributed by atoms with Crippen LogP contribution in [0.2, 0.25) is 5.02 Å². The molecule has 96 valence electrons. The van der Waals surface area contributed by atoms with E-state index in [-0.39, 0.29) is 6.61 Å². The summed E-state index contributed by atoms with van der Waals surface area (Å²) in [6, 6.07) is 5.57. The molecule has 0 fully saturated rings. The maximum absolute atomic E-state index is 6.01. The molecule has 0 aliphatic carbocycles. The number of halogens is 1. The van der Waals surface area contributed by atoms with Crippen LogP contribution in [-0.4, -0.2) is 16.7 Å². The molecule has 0 unspecified atom stereocenters. The van der Waals surface area contributed by atoms with Crippen LogP contribution in [0.4, 0.5) is 0 Å². The summed E-state index contributed by atoms with van der Waals surface area (Å²) in [5, 5.41) is 8.27. The van der Waals surface area contributed by atoms with Gasteiger partial charge in [-0.25, -0.2) is 0 Å². The molecule has 0 spiro atoms. The highest BCUT2D eigenvalue weighted by Gasteiger charge is 2.08. The van der Waals surface area contributed by atoms with Crippen molar-refractivity contribution in [2.45, 2.75) is 20.0 Å². The predicted molar refractivity (Wildman–Crippen MR) is 67.6 cm³/mol. The van der Waals surface area contributed by atoms with E-state index in [2.05, 4.69) is 10.2 Å². The molecule has 5 nitrogen and oxygen atoms in total. The number of aromatic nitrogens is 2. The number of nitrogens with two attached hydrogens (primary N) is 1. The normalized spacial score (nSPS) is 10.6. The molecular weight excluding hydrogens is 254 g/mol. The lowest BCUT2D eigenvalue weighted by Crippen LogP contribution is -2.02. The Hall–Kier alpha value is -1.59. The van der Waals surface area contributed by atoms with Crippen molar-refractivity contribution in [3.05, 3.63) is 40.6 Å². The standard InChI is InChI=1S/C12H14ClN3O2/c1-8-2-3-9(13)10(6-8)17-7-12-16-15-11(18-12)4-5-14/h2-3,6H,4-5,7,14H2,1H3. The summed E-state index contributed by atoms with van der Waals surface area (Å²) < 4.78 is 10.9. The summed E-state index contributed by atoms with van der Waals surface area (Å²) in [6.07, 6.45) is 0.568. The number of hydrogen-bond donors (Lipinski definition) is 1. The van der Waals surface area contributed by atoms with E-state index in [1.807, 2.05) is 19.1 Å². The van der Waals surface area contributed by atoms with Crippen molar-refractivity contribution < 1.29 is 9.15 Å². The molecule has 1 heterocycles. The van der Waals surface area contributed by atoms with E-state index in [1.54, 1.807) is 6.07 Å². The van der Waals surface area contributed by atoms with Gasteiger partial charge in [0.15, 0.2) is 6.61 Å². The van der Waals surface area contributed by atoms with E-state index in [0.29, 0.717) is 35.5 Å². The molecular formula is C12H14ClN3O2. The van der Waals surface area contributed by atoms with E-state index in [0.717, 1.165) is 5.56 Å². The molecule has 18 heavy (non-hydrogen) atoms. The Morgan fingerprint density at radius 1 is 1.33 bits per heavy atom. The van der Waals surface area contributed by atoms with Gasteiger partial charge in [0, 0.05) is 13.0 Å². The van der Waals surface area contributed by atoms with Gasteiger partial charge in [0.2, 0.25) is 5.89 Å². The topological polar surface area (TPSA) is 74.2 Å². The first-order valence-corrected chi connectivity index (χ1v) is 5.97. The smallest absolute Gasteiger partial charge is 0.253 e. The van der Waals surface area contributed by atoms with E-state index in [1.165, 1.54) is 0 Å². The summed E-state index contributed by atoms with van der Waals surface area (Å²) in [5.41, 5.74) is 6.47. The largest absolute Gasteiger partial charge is 0.482 e. The lowest BCUT2D eigenvalue weighted by Gasteiger charge is -2.06. The summed E-state index contributed by atoms with van der Waals surface area (Å²) in [5.74, 6) is 1.54. The molecule has 0 radical (unpaired) electrons. The van der Waals surface area contributed by atoms with Crippen LogP contribution < -0.4 is 10.5 Å². The second-order valence-corrected chi connectivity index (χ2v) is 4.26. The van der Waals surface area contributed by atoms with Crippen molar-refractivity contribution in [2.75, 3.05) is 6.54 Å². The van der Waals surface area contributed by atoms with E-state index in [9.17, 15) is 0 Å². The number of benzene rings is 1. The molecule has 6 heteroatoms. The molecule has 2 rings (SSSR count). The number of nitrogens with zero attached hydrogens (tertiary/aromatic N) is 2. The summed E-state index contributed by atoms with van der Waals surface area (Å²) in [6.45, 7) is 2.64. The van der Waals surface area contributed by atoms with Gasteiger partial charge in [-0.05, 0) is 24.6 Å². The van der Waals surface area contributed by atoms with Crippen molar-refractivity contribution in [1.82, 2.24) is 10.2 Å². The Balaban J connectivity index is 1.99. The van der Waals surface area contributed by atoms with Gasteiger partial charge in [0.05, 0.1) is 5.02 Å². The lowest BCUT2D eigenvalue weighted by molar-refractivity contribution is 0.259. The SMILES string of the molecule is Cc1ccc(Cl)c(OCc2nnc(CCN)o2)c1. The number of ether oxygens (including phenoxy) is 1. The molecule has 0 amide bonds. The van der Waals surface area contributed by atoms with Crippen LogP contribution in [-0.2, 0) is 13.0 Å². The van der Waals surface area contributed by atoms with Crippen molar-refractivity contribution in [3.63, 3.8) is 0 Å². The average Bonchev–Trinajstić information content (AvgIpc) is 2.79. The van der Waals surface area contributed by atoms with Crippen LogP contribution in [0.1, 0.15) is 17.3 Å². The molecule has 0 aliphatic heterocycles. The van der Waals surface area contributed by atoms with E-state index >= 15 is 0 Å². The Morgan fingerprint density at radius 3 is 2.89 bits per heavy atom. The van der Waals surface area contributed by atoms with Crippen molar-refractivity contribution in [3.8, 4) is 5.75 Å². The zero-order valence-electron chi connectivity index (χ0n) is 10.0. The molecule has 0 aliphatic rings. The van der Waals surface area contributed by atoms with Gasteiger partial charge < -0.3 is 14.9 Å². The van der Waals surface area contributed by atoms with Gasteiger partial charge in [-0.1, -0.05) is 17.7 Å². The maximum Gasteiger partial charge on any atom is 0.253 e. The second kappa shape index (κ2) is 5.84. The van der Waals surface area contributed by atoms with Gasteiger partial charge in [-0.2, -0.15) is 0 Å². The Kier molecular flexibility index (Phi) is 4.17. The zero-order chi connectivity index (χ0) is 13.0. The first-order valence-electron chi connectivity index (χ1n) is 5.59. The molecule has 1 aromatic carbocycles. The number of rotatable bonds is 5. The molecule has 0 atom stereocenters. The fraction of sp³-hybridized carbons (Fsp3) is 0.333. The van der Waals surface area contributed by atoms with Crippen LogP contribution in [0.5, 0.6) is 5.75 Å². The molecule has 0 saturated carbocycles. The number of hydrogen-bond acceptors (Lipinski definition) is 5. The van der Waals surface area contributed by atoms with Gasteiger partial charge in [0.1, 0.15) is 5.75 Å². The van der Waals surface area contributed by atoms with Gasteiger partial charge in [0.25, 0.3) is 5.89 Å². The third-order valence-electron chi connectivity index (χ3n) is 2.30. The first-order chi connectivity index (χ1) is 8.69. The van der Waals surface area contributed by atoms with Gasteiger partial charge >= 0.3 is 0 Å². The third kappa shape index (κ3) is 3.21. The summed E-state index contributed by atoms with van der Waals surface area (Å²) in [4.78, 5) is 0. The second-order valence-electron chi connectivity index (χ2n) is 3.85.